The van der Waals surface area contributed by atoms with Gasteiger partial charge in [-0.2, -0.15) is 0 Å². The van der Waals surface area contributed by atoms with E-state index < -0.39 is 23.5 Å². The van der Waals surface area contributed by atoms with Crippen LogP contribution in [0.1, 0.15) is 51.0 Å². The Bertz CT molecular complexity index is 1140. The average Bonchev–Trinajstić information content (AvgIpc) is 2.93. The molecule has 2 aromatic carbocycles. The fourth-order valence-electron chi connectivity index (χ4n) is 4.62. The highest BCUT2D eigenvalue weighted by Crippen LogP contribution is 2.28. The number of hydrogen-bond acceptors (Lipinski definition) is 7. The molecule has 9 nitrogen and oxygen atoms in total. The minimum absolute atomic E-state index is 0.297. The maximum absolute atomic E-state index is 12.4. The zero-order chi connectivity index (χ0) is 30.3. The van der Waals surface area contributed by atoms with Crippen LogP contribution in [0.5, 0.6) is 5.75 Å². The summed E-state index contributed by atoms with van der Waals surface area (Å²) in [4.78, 5) is 25.7. The number of alkyl halides is 3. The second-order valence-corrected chi connectivity index (χ2v) is 10.7. The molecule has 2 amide bonds. The fraction of sp³-hybridized carbons (Fsp3) is 0.517. The quantitative estimate of drug-likeness (QED) is 0.354. The van der Waals surface area contributed by atoms with Gasteiger partial charge in [0.05, 0.1) is 0 Å². The molecule has 2 aliphatic rings. The smallest absolute Gasteiger partial charge is 0.406 e. The number of benzene rings is 2. The van der Waals surface area contributed by atoms with E-state index in [-0.39, 0.29) is 11.7 Å². The van der Waals surface area contributed by atoms with Crippen molar-refractivity contribution in [3.8, 4) is 5.75 Å². The van der Waals surface area contributed by atoms with Gasteiger partial charge in [-0.3, -0.25) is 9.59 Å². The molecule has 41 heavy (non-hydrogen) atoms. The summed E-state index contributed by atoms with van der Waals surface area (Å²) in [5, 5.41) is 29.7. The number of halogens is 3. The molecule has 0 aliphatic carbocycles. The van der Waals surface area contributed by atoms with Crippen LogP contribution in [0.2, 0.25) is 0 Å². The number of likely N-dealkylation sites (N-methyl/N-ethyl adjacent to an activating group) is 1. The highest BCUT2D eigenvalue weighted by atomic mass is 19.4. The third-order valence-corrected chi connectivity index (χ3v) is 7.28. The Morgan fingerprint density at radius 3 is 1.83 bits per heavy atom. The molecular formula is C29H39F3N4O5. The van der Waals surface area contributed by atoms with Gasteiger partial charge in [0.15, 0.2) is 0 Å². The maximum atomic E-state index is 12.4. The third-order valence-electron chi connectivity index (χ3n) is 7.28. The van der Waals surface area contributed by atoms with E-state index in [1.807, 2.05) is 24.3 Å². The number of hydrogen-bond donors (Lipinski definition) is 5. The summed E-state index contributed by atoms with van der Waals surface area (Å²) in [5.74, 6) is -0.666. The van der Waals surface area contributed by atoms with E-state index in [0.29, 0.717) is 63.5 Å². The number of rotatable bonds is 6. The minimum Gasteiger partial charge on any atom is -0.406 e. The van der Waals surface area contributed by atoms with Crippen molar-refractivity contribution >= 4 is 23.2 Å². The van der Waals surface area contributed by atoms with E-state index in [2.05, 4.69) is 34.5 Å². The summed E-state index contributed by atoms with van der Waals surface area (Å²) < 4.78 is 40.1. The van der Waals surface area contributed by atoms with Crippen LogP contribution in [0.4, 0.5) is 24.5 Å². The van der Waals surface area contributed by atoms with E-state index in [4.69, 9.17) is 0 Å². The van der Waals surface area contributed by atoms with Gasteiger partial charge in [-0.15, -0.1) is 13.2 Å². The van der Waals surface area contributed by atoms with Crippen molar-refractivity contribution < 1.29 is 37.7 Å². The van der Waals surface area contributed by atoms with Gasteiger partial charge in [0.1, 0.15) is 17.0 Å². The van der Waals surface area contributed by atoms with Gasteiger partial charge >= 0.3 is 6.36 Å². The first-order valence-electron chi connectivity index (χ1n) is 13.6. The number of piperidine rings is 2. The van der Waals surface area contributed by atoms with Crippen LogP contribution in [0.15, 0.2) is 48.5 Å². The summed E-state index contributed by atoms with van der Waals surface area (Å²) in [7, 11) is 1.47. The molecule has 0 spiro atoms. The molecular weight excluding hydrogens is 541 g/mol. The lowest BCUT2D eigenvalue weighted by molar-refractivity contribution is -0.274. The third kappa shape index (κ3) is 9.15. The normalized spacial score (nSPS) is 18.1. The van der Waals surface area contributed by atoms with Gasteiger partial charge in [-0.25, -0.2) is 0 Å². The van der Waals surface area contributed by atoms with Crippen LogP contribution in [-0.2, 0) is 9.59 Å². The molecule has 2 aromatic rings. The van der Waals surface area contributed by atoms with Gasteiger partial charge in [-0.05, 0) is 99.7 Å². The zero-order valence-corrected chi connectivity index (χ0v) is 23.6. The van der Waals surface area contributed by atoms with Crippen LogP contribution in [0.25, 0.3) is 0 Å². The van der Waals surface area contributed by atoms with Crippen LogP contribution >= 0.6 is 0 Å². The predicted molar refractivity (Wildman–Crippen MR) is 150 cm³/mol. The number of anilines is 2. The van der Waals surface area contributed by atoms with E-state index in [1.165, 1.54) is 29.6 Å². The molecule has 226 valence electrons. The lowest BCUT2D eigenvalue weighted by atomic mass is 9.91. The highest BCUT2D eigenvalue weighted by Gasteiger charge is 2.40. The van der Waals surface area contributed by atoms with Crippen molar-refractivity contribution in [3.63, 3.8) is 0 Å². The molecule has 5 N–H and O–H groups in total. The van der Waals surface area contributed by atoms with Crippen molar-refractivity contribution in [3.05, 3.63) is 54.1 Å². The molecule has 0 unspecified atom stereocenters. The average molecular weight is 581 g/mol. The summed E-state index contributed by atoms with van der Waals surface area (Å²) in [5.41, 5.74) is -0.324. The van der Waals surface area contributed by atoms with E-state index in [1.54, 1.807) is 0 Å². The minimum atomic E-state index is -4.76. The monoisotopic (exact) mass is 580 g/mol. The zero-order valence-electron chi connectivity index (χ0n) is 23.6. The molecule has 2 aliphatic heterocycles. The molecule has 0 saturated carbocycles. The second-order valence-electron chi connectivity index (χ2n) is 10.7. The molecule has 0 aromatic heterocycles. The van der Waals surface area contributed by atoms with Crippen LogP contribution in [0, 0.1) is 0 Å². The van der Waals surface area contributed by atoms with Crippen LogP contribution < -0.4 is 25.6 Å². The fourth-order valence-corrected chi connectivity index (χ4v) is 4.62. The van der Waals surface area contributed by atoms with E-state index in [9.17, 15) is 33.0 Å². The lowest BCUT2D eigenvalue weighted by Gasteiger charge is -2.34. The Hall–Kier alpha value is -3.19. The van der Waals surface area contributed by atoms with Gasteiger partial charge < -0.3 is 35.8 Å². The number of nitrogens with zero attached hydrogens (tertiary/aromatic N) is 1. The molecule has 4 rings (SSSR count). The summed E-state index contributed by atoms with van der Waals surface area (Å²) in [6.07, 6.45) is -3.24. The molecule has 2 fully saturated rings. The van der Waals surface area contributed by atoms with Gasteiger partial charge in [0, 0.05) is 18.4 Å². The molecule has 0 radical (unpaired) electrons. The molecule has 2 heterocycles. The SMILES string of the molecule is CC(C)c1ccc(NC(=O)C2(O)CCNCC2)cc1.CN(C(=O)C1(O)CCNCC1)c1ccc(OC(F)(F)F)cc1. The maximum Gasteiger partial charge on any atom is 0.573 e. The molecule has 0 atom stereocenters. The second kappa shape index (κ2) is 13.6. The summed E-state index contributed by atoms with van der Waals surface area (Å²) in [6.45, 7) is 6.69. The number of nitrogens with one attached hydrogen (secondary N) is 3. The lowest BCUT2D eigenvalue weighted by Crippen LogP contribution is -2.53. The number of aliphatic hydroxyl groups is 2. The first-order chi connectivity index (χ1) is 19.2. The summed E-state index contributed by atoms with van der Waals surface area (Å²) >= 11 is 0. The van der Waals surface area contributed by atoms with Crippen molar-refractivity contribution in [2.24, 2.45) is 0 Å². The van der Waals surface area contributed by atoms with Crippen molar-refractivity contribution in [1.82, 2.24) is 10.6 Å². The van der Waals surface area contributed by atoms with Gasteiger partial charge in [-0.1, -0.05) is 26.0 Å². The highest BCUT2D eigenvalue weighted by molar-refractivity contribution is 5.99. The number of ether oxygens (including phenoxy) is 1. The van der Waals surface area contributed by atoms with Crippen molar-refractivity contribution in [1.29, 1.82) is 0 Å². The Morgan fingerprint density at radius 2 is 1.37 bits per heavy atom. The number of amides is 2. The predicted octanol–water partition coefficient (Wildman–Crippen LogP) is 3.53. The van der Waals surface area contributed by atoms with Gasteiger partial charge in [0.2, 0.25) is 0 Å². The Balaban J connectivity index is 0.000000228. The first-order valence-corrected chi connectivity index (χ1v) is 13.6. The Labute approximate surface area is 238 Å². The van der Waals surface area contributed by atoms with E-state index >= 15 is 0 Å². The molecule has 0 bridgehead atoms. The van der Waals surface area contributed by atoms with Gasteiger partial charge in [0.25, 0.3) is 11.8 Å². The van der Waals surface area contributed by atoms with Crippen molar-refractivity contribution in [2.45, 2.75) is 63.0 Å². The Kier molecular flexibility index (Phi) is 10.8. The Morgan fingerprint density at radius 1 is 0.878 bits per heavy atom. The van der Waals surface area contributed by atoms with E-state index in [0.717, 1.165) is 17.8 Å². The summed E-state index contributed by atoms with van der Waals surface area (Å²) in [6, 6.07) is 12.7. The number of carbonyl (C=O) groups is 2. The number of carbonyl (C=O) groups excluding carboxylic acids is 2. The van der Waals surface area contributed by atoms with Crippen molar-refractivity contribution in [2.75, 3.05) is 43.4 Å². The largest absolute Gasteiger partial charge is 0.573 e. The standard InChI is InChI=1S/C15H22N2O2.C14H17F3N2O3/c1-11(2)12-3-5-13(6-4-12)17-14(18)15(19)7-9-16-10-8-15;1-19(12(20)13(21)6-8-18-9-7-13)10-2-4-11(5-3-10)22-14(15,16)17/h3-6,11,16,19H,7-10H2,1-2H3,(H,17,18);2-5,18,21H,6-9H2,1H3. The van der Waals surface area contributed by atoms with Crippen LogP contribution in [0.3, 0.4) is 0 Å². The first kappa shape index (κ1) is 32.3. The van der Waals surface area contributed by atoms with Crippen LogP contribution in [-0.4, -0.2) is 72.8 Å². The molecule has 2 saturated heterocycles. The molecule has 12 heteroatoms. The topological polar surface area (TPSA) is 123 Å².